The van der Waals surface area contributed by atoms with Crippen LogP contribution in [0, 0.1) is 0 Å². The van der Waals surface area contributed by atoms with Gasteiger partial charge < -0.3 is 10.5 Å². The molecule has 0 spiro atoms. The molecule has 0 saturated carbocycles. The second kappa shape index (κ2) is 4.63. The maximum absolute atomic E-state index is 11.4. The number of aromatic nitrogens is 2. The highest BCUT2D eigenvalue weighted by Crippen LogP contribution is 2.19. The standard InChI is InChI=1S/C11H12ClN3O2/c1-2-17-10(16)6-8-11(13)15-4-3-7(12)5-9(15)14-8/h3-5H,2,6,13H2,1H3. The number of rotatable bonds is 3. The molecule has 90 valence electrons. The molecule has 2 rings (SSSR count). The first-order chi connectivity index (χ1) is 8.11. The van der Waals surface area contributed by atoms with Gasteiger partial charge in [-0.15, -0.1) is 0 Å². The van der Waals surface area contributed by atoms with Crippen molar-refractivity contribution in [2.24, 2.45) is 0 Å². The predicted molar refractivity (Wildman–Crippen MR) is 65.0 cm³/mol. The molecule has 17 heavy (non-hydrogen) atoms. The van der Waals surface area contributed by atoms with Gasteiger partial charge in [0.1, 0.15) is 11.5 Å². The van der Waals surface area contributed by atoms with Gasteiger partial charge in [0, 0.05) is 17.3 Å². The van der Waals surface area contributed by atoms with E-state index in [1.165, 1.54) is 0 Å². The highest BCUT2D eigenvalue weighted by Gasteiger charge is 2.13. The first-order valence-corrected chi connectivity index (χ1v) is 5.57. The van der Waals surface area contributed by atoms with Gasteiger partial charge in [0.2, 0.25) is 0 Å². The zero-order valence-corrected chi connectivity index (χ0v) is 10.1. The fourth-order valence-electron chi connectivity index (χ4n) is 1.57. The van der Waals surface area contributed by atoms with E-state index in [9.17, 15) is 4.79 Å². The number of carbonyl (C=O) groups is 1. The van der Waals surface area contributed by atoms with Crippen molar-refractivity contribution >= 4 is 29.0 Å². The summed E-state index contributed by atoms with van der Waals surface area (Å²) in [5.41, 5.74) is 7.01. The number of halogens is 1. The summed E-state index contributed by atoms with van der Waals surface area (Å²) in [7, 11) is 0. The number of hydrogen-bond donors (Lipinski definition) is 1. The lowest BCUT2D eigenvalue weighted by Crippen LogP contribution is -2.09. The smallest absolute Gasteiger partial charge is 0.312 e. The molecule has 0 aliphatic rings. The Bertz CT molecular complexity index is 565. The second-order valence-electron chi connectivity index (χ2n) is 3.50. The van der Waals surface area contributed by atoms with E-state index in [2.05, 4.69) is 4.98 Å². The molecule has 2 heterocycles. The molecule has 2 aromatic heterocycles. The predicted octanol–water partition coefficient (Wildman–Crippen LogP) is 1.68. The Balaban J connectivity index is 2.35. The van der Waals surface area contributed by atoms with Gasteiger partial charge >= 0.3 is 5.97 Å². The molecule has 0 aliphatic carbocycles. The molecule has 0 radical (unpaired) electrons. The number of nitrogens with zero attached hydrogens (tertiary/aromatic N) is 2. The van der Waals surface area contributed by atoms with Crippen molar-refractivity contribution in [1.29, 1.82) is 0 Å². The average Bonchev–Trinajstić information content (AvgIpc) is 2.55. The van der Waals surface area contributed by atoms with Crippen LogP contribution in [0.4, 0.5) is 5.82 Å². The Kier molecular flexibility index (Phi) is 3.19. The molecular weight excluding hydrogens is 242 g/mol. The van der Waals surface area contributed by atoms with E-state index < -0.39 is 0 Å². The molecule has 2 N–H and O–H groups in total. The van der Waals surface area contributed by atoms with E-state index >= 15 is 0 Å². The molecular formula is C11H12ClN3O2. The SMILES string of the molecule is CCOC(=O)Cc1nc2cc(Cl)ccn2c1N. The molecule has 0 aliphatic heterocycles. The number of pyridine rings is 1. The van der Waals surface area contributed by atoms with Crippen LogP contribution in [0.25, 0.3) is 5.65 Å². The summed E-state index contributed by atoms with van der Waals surface area (Å²) in [4.78, 5) is 15.6. The summed E-state index contributed by atoms with van der Waals surface area (Å²) in [6.07, 6.45) is 1.79. The van der Waals surface area contributed by atoms with Gasteiger partial charge in [0.05, 0.1) is 18.7 Å². The third-order valence-electron chi connectivity index (χ3n) is 2.32. The molecule has 0 atom stereocenters. The monoisotopic (exact) mass is 253 g/mol. The molecule has 0 saturated heterocycles. The average molecular weight is 254 g/mol. The number of carbonyl (C=O) groups excluding carboxylic acids is 1. The number of imidazole rings is 1. The molecule has 0 aromatic carbocycles. The van der Waals surface area contributed by atoms with Crippen molar-refractivity contribution < 1.29 is 9.53 Å². The second-order valence-corrected chi connectivity index (χ2v) is 3.94. The van der Waals surface area contributed by atoms with Gasteiger partial charge in [-0.1, -0.05) is 11.6 Å². The number of esters is 1. The Hall–Kier alpha value is -1.75. The van der Waals surface area contributed by atoms with Crippen LogP contribution in [0.3, 0.4) is 0 Å². The number of nitrogens with two attached hydrogens (primary N) is 1. The zero-order valence-electron chi connectivity index (χ0n) is 9.31. The summed E-state index contributed by atoms with van der Waals surface area (Å²) in [5.74, 6) is 0.0958. The van der Waals surface area contributed by atoms with Gasteiger partial charge in [-0.3, -0.25) is 9.20 Å². The molecule has 2 aromatic rings. The Morgan fingerprint density at radius 1 is 1.65 bits per heavy atom. The first-order valence-electron chi connectivity index (χ1n) is 5.19. The van der Waals surface area contributed by atoms with Crippen LogP contribution in [0.15, 0.2) is 18.3 Å². The lowest BCUT2D eigenvalue weighted by Gasteiger charge is -2.00. The Labute approximate surface area is 103 Å². The van der Waals surface area contributed by atoms with Crippen molar-refractivity contribution in [1.82, 2.24) is 9.38 Å². The summed E-state index contributed by atoms with van der Waals surface area (Å²) in [6.45, 7) is 2.10. The van der Waals surface area contributed by atoms with Crippen LogP contribution in [-0.4, -0.2) is 22.0 Å². The molecule has 6 heteroatoms. The fourth-order valence-corrected chi connectivity index (χ4v) is 1.72. The van der Waals surface area contributed by atoms with Crippen molar-refractivity contribution in [3.8, 4) is 0 Å². The molecule has 5 nitrogen and oxygen atoms in total. The maximum Gasteiger partial charge on any atom is 0.312 e. The number of ether oxygens (including phenoxy) is 1. The van der Waals surface area contributed by atoms with E-state index in [1.54, 1.807) is 29.7 Å². The van der Waals surface area contributed by atoms with Crippen LogP contribution in [0.1, 0.15) is 12.6 Å². The first kappa shape index (κ1) is 11.7. The quantitative estimate of drug-likeness (QED) is 0.845. The Morgan fingerprint density at radius 3 is 3.12 bits per heavy atom. The highest BCUT2D eigenvalue weighted by molar-refractivity contribution is 6.30. The van der Waals surface area contributed by atoms with Gasteiger partial charge in [0.25, 0.3) is 0 Å². The number of anilines is 1. The molecule has 0 amide bonds. The summed E-state index contributed by atoms with van der Waals surface area (Å²) < 4.78 is 6.53. The fraction of sp³-hybridized carbons (Fsp3) is 0.273. The highest BCUT2D eigenvalue weighted by atomic mass is 35.5. The van der Waals surface area contributed by atoms with E-state index in [4.69, 9.17) is 22.1 Å². The van der Waals surface area contributed by atoms with Gasteiger partial charge in [-0.25, -0.2) is 4.98 Å². The molecule has 0 bridgehead atoms. The number of hydrogen-bond acceptors (Lipinski definition) is 4. The van der Waals surface area contributed by atoms with Crippen molar-refractivity contribution in [2.45, 2.75) is 13.3 Å². The van der Waals surface area contributed by atoms with Gasteiger partial charge in [0.15, 0.2) is 0 Å². The summed E-state index contributed by atoms with van der Waals surface area (Å²) >= 11 is 5.85. The van der Waals surface area contributed by atoms with E-state index in [0.717, 1.165) is 0 Å². The maximum atomic E-state index is 11.4. The molecule has 0 fully saturated rings. The number of nitrogen functional groups attached to an aromatic ring is 1. The van der Waals surface area contributed by atoms with Crippen molar-refractivity contribution in [3.05, 3.63) is 29.0 Å². The van der Waals surface area contributed by atoms with Crippen LogP contribution in [0.5, 0.6) is 0 Å². The largest absolute Gasteiger partial charge is 0.466 e. The topological polar surface area (TPSA) is 69.6 Å². The van der Waals surface area contributed by atoms with E-state index in [1.807, 2.05) is 0 Å². The Morgan fingerprint density at radius 2 is 2.41 bits per heavy atom. The van der Waals surface area contributed by atoms with Crippen molar-refractivity contribution in [3.63, 3.8) is 0 Å². The zero-order chi connectivity index (χ0) is 12.4. The van der Waals surface area contributed by atoms with Crippen LogP contribution in [-0.2, 0) is 16.0 Å². The third kappa shape index (κ3) is 2.34. The summed E-state index contributed by atoms with van der Waals surface area (Å²) in [5, 5.41) is 0.574. The molecule has 0 unspecified atom stereocenters. The minimum Gasteiger partial charge on any atom is -0.466 e. The van der Waals surface area contributed by atoms with Gasteiger partial charge in [-0.05, 0) is 13.0 Å². The third-order valence-corrected chi connectivity index (χ3v) is 2.55. The van der Waals surface area contributed by atoms with Crippen LogP contribution >= 0.6 is 11.6 Å². The minimum atomic E-state index is -0.339. The minimum absolute atomic E-state index is 0.0684. The normalized spacial score (nSPS) is 10.7. The van der Waals surface area contributed by atoms with E-state index in [-0.39, 0.29) is 12.4 Å². The van der Waals surface area contributed by atoms with Crippen LogP contribution in [0.2, 0.25) is 5.02 Å². The van der Waals surface area contributed by atoms with E-state index in [0.29, 0.717) is 28.8 Å². The summed E-state index contributed by atoms with van der Waals surface area (Å²) in [6, 6.07) is 3.40. The van der Waals surface area contributed by atoms with Crippen molar-refractivity contribution in [2.75, 3.05) is 12.3 Å². The lowest BCUT2D eigenvalue weighted by atomic mass is 10.3. The number of fused-ring (bicyclic) bond motifs is 1. The van der Waals surface area contributed by atoms with Gasteiger partial charge in [-0.2, -0.15) is 0 Å². The lowest BCUT2D eigenvalue weighted by molar-refractivity contribution is -0.142. The van der Waals surface area contributed by atoms with Crippen LogP contribution < -0.4 is 5.73 Å².